The lowest BCUT2D eigenvalue weighted by Gasteiger charge is -2.35. The van der Waals surface area contributed by atoms with E-state index in [0.717, 1.165) is 27.5 Å². The summed E-state index contributed by atoms with van der Waals surface area (Å²) in [6, 6.07) is 12.2. The summed E-state index contributed by atoms with van der Waals surface area (Å²) in [4.78, 5) is 15.2. The van der Waals surface area contributed by atoms with Gasteiger partial charge in [-0.25, -0.2) is 4.52 Å². The van der Waals surface area contributed by atoms with Crippen molar-refractivity contribution in [3.63, 3.8) is 0 Å². The highest BCUT2D eigenvalue weighted by atomic mass is 79.9. The maximum Gasteiger partial charge on any atom is 0.274 e. The van der Waals surface area contributed by atoms with Gasteiger partial charge in [-0.2, -0.15) is 10.2 Å². The Morgan fingerprint density at radius 3 is 2.79 bits per heavy atom. The third-order valence-electron chi connectivity index (χ3n) is 5.63. The molecule has 29 heavy (non-hydrogen) atoms. The molecule has 1 amide bonds. The number of amides is 1. The molecule has 1 unspecified atom stereocenters. The number of hydrogen-bond donors (Lipinski definition) is 0. The fraction of sp³-hybridized carbons (Fsp3) is 0.227. The van der Waals surface area contributed by atoms with E-state index in [1.54, 1.807) is 9.20 Å². The number of carbonyl (C=O) groups excluding carboxylic acids is 1. The monoisotopic (exact) mass is 449 g/mol. The SMILES string of the molecule is CC1c2cc(-c3cnn(C)c3)ccc2CCN1C(=O)c1cc2ccc(Br)cn2n1. The summed E-state index contributed by atoms with van der Waals surface area (Å²) in [5.74, 6) is -0.0326. The molecule has 5 rings (SSSR count). The first-order valence-corrected chi connectivity index (χ1v) is 10.4. The molecule has 4 heterocycles. The van der Waals surface area contributed by atoms with Gasteiger partial charge < -0.3 is 4.90 Å². The Labute approximate surface area is 176 Å². The molecule has 146 valence electrons. The highest BCUT2D eigenvalue weighted by molar-refractivity contribution is 9.10. The molecule has 1 aliphatic rings. The van der Waals surface area contributed by atoms with E-state index in [9.17, 15) is 4.79 Å². The number of aromatic nitrogens is 4. The van der Waals surface area contributed by atoms with Crippen LogP contribution >= 0.6 is 15.9 Å². The average Bonchev–Trinajstić information content (AvgIpc) is 3.33. The molecule has 4 aromatic rings. The molecule has 0 radical (unpaired) electrons. The number of nitrogens with zero attached hydrogens (tertiary/aromatic N) is 5. The van der Waals surface area contributed by atoms with Gasteiger partial charge in [-0.3, -0.25) is 9.48 Å². The second kappa shape index (κ2) is 6.84. The zero-order valence-corrected chi connectivity index (χ0v) is 17.8. The molecule has 6 nitrogen and oxygen atoms in total. The van der Waals surface area contributed by atoms with E-state index < -0.39 is 0 Å². The molecule has 0 fully saturated rings. The van der Waals surface area contributed by atoms with Gasteiger partial charge >= 0.3 is 0 Å². The number of halogens is 1. The molecule has 0 N–H and O–H groups in total. The number of fused-ring (bicyclic) bond motifs is 2. The van der Waals surface area contributed by atoms with Gasteiger partial charge in [0.05, 0.1) is 17.8 Å². The molecule has 0 saturated heterocycles. The summed E-state index contributed by atoms with van der Waals surface area (Å²) >= 11 is 3.45. The van der Waals surface area contributed by atoms with Crippen LogP contribution in [0.25, 0.3) is 16.6 Å². The van der Waals surface area contributed by atoms with Gasteiger partial charge in [0, 0.05) is 36.0 Å². The van der Waals surface area contributed by atoms with E-state index in [2.05, 4.69) is 51.3 Å². The second-order valence-electron chi connectivity index (χ2n) is 7.49. The van der Waals surface area contributed by atoms with Crippen molar-refractivity contribution in [3.8, 4) is 11.1 Å². The van der Waals surface area contributed by atoms with E-state index in [0.29, 0.717) is 12.2 Å². The molecule has 1 atom stereocenters. The average molecular weight is 450 g/mol. The Hall–Kier alpha value is -2.93. The van der Waals surface area contributed by atoms with Gasteiger partial charge in [-0.1, -0.05) is 12.1 Å². The Balaban J connectivity index is 1.48. The van der Waals surface area contributed by atoms with Crippen molar-refractivity contribution in [3.05, 3.63) is 76.3 Å². The number of hydrogen-bond acceptors (Lipinski definition) is 3. The molecule has 0 saturated carbocycles. The number of benzene rings is 1. The summed E-state index contributed by atoms with van der Waals surface area (Å²) < 4.78 is 4.46. The zero-order chi connectivity index (χ0) is 20.1. The Morgan fingerprint density at radius 1 is 1.14 bits per heavy atom. The number of rotatable bonds is 2. The van der Waals surface area contributed by atoms with E-state index in [-0.39, 0.29) is 11.9 Å². The lowest BCUT2D eigenvalue weighted by molar-refractivity contribution is 0.0671. The summed E-state index contributed by atoms with van der Waals surface area (Å²) in [5.41, 5.74) is 6.07. The lowest BCUT2D eigenvalue weighted by atomic mass is 9.90. The molecule has 3 aromatic heterocycles. The standard InChI is InChI=1S/C22H20BrN5O/c1-14-20-9-16(17-11-24-26(2)12-17)4-3-15(20)7-8-27(14)22(29)21-10-19-6-5-18(23)13-28(19)25-21/h3-6,9-14H,7-8H2,1-2H3. The quantitative estimate of drug-likeness (QED) is 0.459. The first-order chi connectivity index (χ1) is 14.0. The largest absolute Gasteiger partial charge is 0.330 e. The highest BCUT2D eigenvalue weighted by Crippen LogP contribution is 2.33. The summed E-state index contributed by atoms with van der Waals surface area (Å²) in [6.45, 7) is 2.78. The van der Waals surface area contributed by atoms with Crippen molar-refractivity contribution in [2.45, 2.75) is 19.4 Å². The minimum absolute atomic E-state index is 0.0144. The smallest absolute Gasteiger partial charge is 0.274 e. The van der Waals surface area contributed by atoms with E-state index in [4.69, 9.17) is 0 Å². The lowest BCUT2D eigenvalue weighted by Crippen LogP contribution is -2.39. The third-order valence-corrected chi connectivity index (χ3v) is 6.10. The van der Waals surface area contributed by atoms with Crippen molar-refractivity contribution >= 4 is 27.4 Å². The molecule has 1 aliphatic heterocycles. The first kappa shape index (κ1) is 18.1. The van der Waals surface area contributed by atoms with Crippen molar-refractivity contribution < 1.29 is 4.79 Å². The van der Waals surface area contributed by atoms with Crippen LogP contribution in [0.4, 0.5) is 0 Å². The predicted octanol–water partition coefficient (Wildman–Crippen LogP) is 4.26. The molecular formula is C22H20BrN5O. The maximum atomic E-state index is 13.3. The van der Waals surface area contributed by atoms with Gasteiger partial charge in [0.15, 0.2) is 5.69 Å². The van der Waals surface area contributed by atoms with Crippen LogP contribution in [-0.4, -0.2) is 36.7 Å². The third kappa shape index (κ3) is 3.15. The van der Waals surface area contributed by atoms with Crippen LogP contribution < -0.4 is 0 Å². The maximum absolute atomic E-state index is 13.3. The second-order valence-corrected chi connectivity index (χ2v) is 8.40. The highest BCUT2D eigenvalue weighted by Gasteiger charge is 2.30. The zero-order valence-electron chi connectivity index (χ0n) is 16.2. The van der Waals surface area contributed by atoms with Crippen molar-refractivity contribution in [1.29, 1.82) is 0 Å². The van der Waals surface area contributed by atoms with Crippen LogP contribution in [0.5, 0.6) is 0 Å². The van der Waals surface area contributed by atoms with Crippen LogP contribution in [-0.2, 0) is 13.5 Å². The van der Waals surface area contributed by atoms with Gasteiger partial charge in [-0.05, 0) is 70.2 Å². The Morgan fingerprint density at radius 2 is 2.00 bits per heavy atom. The van der Waals surface area contributed by atoms with Crippen LogP contribution in [0.2, 0.25) is 0 Å². The van der Waals surface area contributed by atoms with Gasteiger partial charge in [0.2, 0.25) is 0 Å². The summed E-state index contributed by atoms with van der Waals surface area (Å²) in [5, 5.41) is 8.76. The topological polar surface area (TPSA) is 55.4 Å². The van der Waals surface area contributed by atoms with E-state index in [1.807, 2.05) is 48.7 Å². The van der Waals surface area contributed by atoms with E-state index in [1.165, 1.54) is 11.1 Å². The van der Waals surface area contributed by atoms with Crippen LogP contribution in [0.3, 0.4) is 0 Å². The van der Waals surface area contributed by atoms with Gasteiger partial charge in [0.1, 0.15) is 0 Å². The predicted molar refractivity (Wildman–Crippen MR) is 115 cm³/mol. The van der Waals surface area contributed by atoms with Crippen molar-refractivity contribution in [1.82, 2.24) is 24.3 Å². The fourth-order valence-electron chi connectivity index (χ4n) is 4.05. The first-order valence-electron chi connectivity index (χ1n) is 9.57. The number of pyridine rings is 1. The molecule has 0 spiro atoms. The molecule has 0 bridgehead atoms. The Kier molecular flexibility index (Phi) is 4.28. The van der Waals surface area contributed by atoms with Crippen LogP contribution in [0, 0.1) is 0 Å². The number of carbonyl (C=O) groups is 1. The van der Waals surface area contributed by atoms with Crippen LogP contribution in [0.15, 0.2) is 59.5 Å². The summed E-state index contributed by atoms with van der Waals surface area (Å²) in [7, 11) is 1.92. The minimum atomic E-state index is -0.0326. The molecule has 0 aliphatic carbocycles. The fourth-order valence-corrected chi connectivity index (χ4v) is 4.38. The molecule has 7 heteroatoms. The van der Waals surface area contributed by atoms with Crippen molar-refractivity contribution in [2.24, 2.45) is 7.05 Å². The van der Waals surface area contributed by atoms with Gasteiger partial charge in [-0.15, -0.1) is 0 Å². The number of aryl methyl sites for hydroxylation is 1. The van der Waals surface area contributed by atoms with Gasteiger partial charge in [0.25, 0.3) is 5.91 Å². The van der Waals surface area contributed by atoms with E-state index >= 15 is 0 Å². The normalized spacial score (nSPS) is 16.2. The Bertz CT molecular complexity index is 1240. The minimum Gasteiger partial charge on any atom is -0.330 e. The van der Waals surface area contributed by atoms with Crippen LogP contribution in [0.1, 0.15) is 34.6 Å². The van der Waals surface area contributed by atoms with Crippen molar-refractivity contribution in [2.75, 3.05) is 6.54 Å². The molecule has 1 aromatic carbocycles. The summed E-state index contributed by atoms with van der Waals surface area (Å²) in [6.07, 6.45) is 6.58. The molecular weight excluding hydrogens is 430 g/mol.